The Morgan fingerprint density at radius 3 is 2.48 bits per heavy atom. The summed E-state index contributed by atoms with van der Waals surface area (Å²) in [7, 11) is -3.17. The molecule has 2 aromatic carbocycles. The number of anilines is 1. The van der Waals surface area contributed by atoms with Crippen LogP contribution in [0.2, 0.25) is 5.02 Å². The van der Waals surface area contributed by atoms with Gasteiger partial charge in [0, 0.05) is 23.5 Å². The van der Waals surface area contributed by atoms with Crippen LogP contribution in [-0.4, -0.2) is 27.8 Å². The average Bonchev–Trinajstić information content (AvgIpc) is 2.43. The monoisotopic (exact) mass is 325 g/mol. The van der Waals surface area contributed by atoms with E-state index in [4.69, 9.17) is 16.3 Å². The SMILES string of the molecule is CS(=O)(=O)c1ccc(OCCNc2cccc(Cl)c2)cc1. The molecule has 0 aromatic heterocycles. The van der Waals surface area contributed by atoms with Crippen molar-refractivity contribution >= 4 is 27.1 Å². The summed E-state index contributed by atoms with van der Waals surface area (Å²) < 4.78 is 28.2. The molecule has 0 fully saturated rings. The second-order valence-electron chi connectivity index (χ2n) is 4.53. The van der Waals surface area contributed by atoms with Gasteiger partial charge in [-0.05, 0) is 42.5 Å². The Morgan fingerprint density at radius 1 is 1.14 bits per heavy atom. The van der Waals surface area contributed by atoms with Gasteiger partial charge in [0.15, 0.2) is 9.84 Å². The van der Waals surface area contributed by atoms with E-state index >= 15 is 0 Å². The van der Waals surface area contributed by atoms with Crippen molar-refractivity contribution in [2.75, 3.05) is 24.7 Å². The zero-order chi connectivity index (χ0) is 15.3. The third-order valence-corrected chi connectivity index (χ3v) is 4.14. The van der Waals surface area contributed by atoms with Crippen LogP contribution in [0.3, 0.4) is 0 Å². The van der Waals surface area contributed by atoms with Gasteiger partial charge in [0.25, 0.3) is 0 Å². The quantitative estimate of drug-likeness (QED) is 0.828. The van der Waals surface area contributed by atoms with Gasteiger partial charge in [0.05, 0.1) is 4.90 Å². The lowest BCUT2D eigenvalue weighted by atomic mass is 10.3. The van der Waals surface area contributed by atoms with E-state index in [9.17, 15) is 8.42 Å². The van der Waals surface area contributed by atoms with Gasteiger partial charge >= 0.3 is 0 Å². The number of rotatable bonds is 6. The van der Waals surface area contributed by atoms with Crippen molar-refractivity contribution in [1.82, 2.24) is 0 Å². The van der Waals surface area contributed by atoms with Crippen molar-refractivity contribution in [3.05, 3.63) is 53.6 Å². The number of sulfone groups is 1. The molecule has 6 heteroatoms. The summed E-state index contributed by atoms with van der Waals surface area (Å²) in [6, 6.07) is 13.8. The maximum absolute atomic E-state index is 11.3. The van der Waals surface area contributed by atoms with E-state index in [1.807, 2.05) is 24.3 Å². The van der Waals surface area contributed by atoms with Crippen molar-refractivity contribution in [2.24, 2.45) is 0 Å². The minimum atomic E-state index is -3.17. The molecule has 0 bridgehead atoms. The molecule has 0 aliphatic heterocycles. The lowest BCUT2D eigenvalue weighted by molar-refractivity contribution is 0.332. The Kier molecular flexibility index (Phi) is 5.09. The summed E-state index contributed by atoms with van der Waals surface area (Å²) in [5, 5.41) is 3.86. The molecule has 4 nitrogen and oxygen atoms in total. The number of hydrogen-bond donors (Lipinski definition) is 1. The summed E-state index contributed by atoms with van der Waals surface area (Å²) in [4.78, 5) is 0.284. The number of ether oxygens (including phenoxy) is 1. The predicted molar refractivity (Wildman–Crippen MR) is 85.0 cm³/mol. The molecule has 0 unspecified atom stereocenters. The lowest BCUT2D eigenvalue weighted by Crippen LogP contribution is -2.11. The van der Waals surface area contributed by atoms with Crippen LogP contribution in [0.4, 0.5) is 5.69 Å². The molecule has 0 saturated heterocycles. The predicted octanol–water partition coefficient (Wildman–Crippen LogP) is 3.23. The van der Waals surface area contributed by atoms with Gasteiger partial charge in [-0.15, -0.1) is 0 Å². The lowest BCUT2D eigenvalue weighted by Gasteiger charge is -2.09. The van der Waals surface area contributed by atoms with E-state index in [0.29, 0.717) is 23.9 Å². The highest BCUT2D eigenvalue weighted by atomic mass is 35.5. The summed E-state index contributed by atoms with van der Waals surface area (Å²) in [6.45, 7) is 1.08. The van der Waals surface area contributed by atoms with E-state index in [2.05, 4.69) is 5.32 Å². The van der Waals surface area contributed by atoms with E-state index in [-0.39, 0.29) is 4.90 Å². The number of hydrogen-bond acceptors (Lipinski definition) is 4. The smallest absolute Gasteiger partial charge is 0.175 e. The van der Waals surface area contributed by atoms with Crippen molar-refractivity contribution in [3.8, 4) is 5.75 Å². The third kappa shape index (κ3) is 4.95. The highest BCUT2D eigenvalue weighted by Gasteiger charge is 2.06. The average molecular weight is 326 g/mol. The standard InChI is InChI=1S/C15H16ClNO3S/c1-21(18,19)15-7-5-14(6-8-15)20-10-9-17-13-4-2-3-12(16)11-13/h2-8,11,17H,9-10H2,1H3. The molecule has 0 saturated carbocycles. The number of halogens is 1. The first-order chi connectivity index (χ1) is 9.95. The molecule has 0 atom stereocenters. The Balaban J connectivity index is 1.81. The highest BCUT2D eigenvalue weighted by molar-refractivity contribution is 7.90. The molecule has 21 heavy (non-hydrogen) atoms. The van der Waals surface area contributed by atoms with Crippen LogP contribution >= 0.6 is 11.6 Å². The first-order valence-electron chi connectivity index (χ1n) is 6.37. The van der Waals surface area contributed by atoms with Crippen LogP contribution in [0.25, 0.3) is 0 Å². The molecule has 1 N–H and O–H groups in total. The van der Waals surface area contributed by atoms with Gasteiger partial charge in [-0.3, -0.25) is 0 Å². The van der Waals surface area contributed by atoms with E-state index in [0.717, 1.165) is 5.69 Å². The van der Waals surface area contributed by atoms with Crippen molar-refractivity contribution < 1.29 is 13.2 Å². The normalized spacial score (nSPS) is 11.1. The molecular weight excluding hydrogens is 310 g/mol. The molecule has 0 aliphatic rings. The fraction of sp³-hybridized carbons (Fsp3) is 0.200. The van der Waals surface area contributed by atoms with E-state index < -0.39 is 9.84 Å². The molecule has 2 aromatic rings. The van der Waals surface area contributed by atoms with Crippen LogP contribution < -0.4 is 10.1 Å². The topological polar surface area (TPSA) is 55.4 Å². The number of nitrogens with one attached hydrogen (secondary N) is 1. The molecule has 0 radical (unpaired) electrons. The van der Waals surface area contributed by atoms with Crippen LogP contribution in [0.5, 0.6) is 5.75 Å². The summed E-state index contributed by atoms with van der Waals surface area (Å²) in [5.74, 6) is 0.635. The van der Waals surface area contributed by atoms with Crippen molar-refractivity contribution in [3.63, 3.8) is 0 Å². The molecule has 0 heterocycles. The molecular formula is C15H16ClNO3S. The molecule has 0 aliphatic carbocycles. The maximum atomic E-state index is 11.3. The van der Waals surface area contributed by atoms with Crippen LogP contribution in [0, 0.1) is 0 Å². The zero-order valence-corrected chi connectivity index (χ0v) is 13.1. The van der Waals surface area contributed by atoms with Crippen LogP contribution in [0.15, 0.2) is 53.4 Å². The Bertz CT molecular complexity index is 699. The van der Waals surface area contributed by atoms with Gasteiger partial charge in [-0.2, -0.15) is 0 Å². The second-order valence-corrected chi connectivity index (χ2v) is 6.98. The maximum Gasteiger partial charge on any atom is 0.175 e. The van der Waals surface area contributed by atoms with Crippen LogP contribution in [0.1, 0.15) is 0 Å². The molecule has 112 valence electrons. The van der Waals surface area contributed by atoms with Crippen molar-refractivity contribution in [1.29, 1.82) is 0 Å². The fourth-order valence-electron chi connectivity index (χ4n) is 1.75. The van der Waals surface area contributed by atoms with Gasteiger partial charge in [0.1, 0.15) is 12.4 Å². The van der Waals surface area contributed by atoms with E-state index in [1.165, 1.54) is 18.4 Å². The van der Waals surface area contributed by atoms with Gasteiger partial charge < -0.3 is 10.1 Å². The minimum absolute atomic E-state index is 0.284. The Morgan fingerprint density at radius 2 is 1.86 bits per heavy atom. The summed E-state index contributed by atoms with van der Waals surface area (Å²) >= 11 is 5.88. The zero-order valence-electron chi connectivity index (χ0n) is 11.5. The summed E-state index contributed by atoms with van der Waals surface area (Å²) in [6.07, 6.45) is 1.18. The Labute approximate surface area is 129 Å². The first kappa shape index (κ1) is 15.7. The van der Waals surface area contributed by atoms with E-state index in [1.54, 1.807) is 12.1 Å². The van der Waals surface area contributed by atoms with Crippen molar-refractivity contribution in [2.45, 2.75) is 4.90 Å². The molecule has 0 amide bonds. The third-order valence-electron chi connectivity index (χ3n) is 2.78. The summed E-state index contributed by atoms with van der Waals surface area (Å²) in [5.41, 5.74) is 0.929. The molecule has 2 rings (SSSR count). The van der Waals surface area contributed by atoms with Crippen LogP contribution in [-0.2, 0) is 9.84 Å². The fourth-order valence-corrected chi connectivity index (χ4v) is 2.57. The Hall–Kier alpha value is -1.72. The van der Waals surface area contributed by atoms with Gasteiger partial charge in [0.2, 0.25) is 0 Å². The highest BCUT2D eigenvalue weighted by Crippen LogP contribution is 2.16. The first-order valence-corrected chi connectivity index (χ1v) is 8.64. The second kappa shape index (κ2) is 6.83. The largest absolute Gasteiger partial charge is 0.492 e. The van der Waals surface area contributed by atoms with Gasteiger partial charge in [-0.25, -0.2) is 8.42 Å². The number of benzene rings is 2. The molecule has 0 spiro atoms. The minimum Gasteiger partial charge on any atom is -0.492 e. The van der Waals surface area contributed by atoms with Gasteiger partial charge in [-0.1, -0.05) is 17.7 Å².